The molecule has 0 radical (unpaired) electrons. The molecule has 170 valence electrons. The number of thioether (sulfide) groups is 1. The summed E-state index contributed by atoms with van der Waals surface area (Å²) >= 11 is 1.38. The van der Waals surface area contributed by atoms with E-state index in [-0.39, 0.29) is 11.7 Å². The lowest BCUT2D eigenvalue weighted by atomic mass is 10.1. The predicted octanol–water partition coefficient (Wildman–Crippen LogP) is 4.35. The average Bonchev–Trinajstić information content (AvgIpc) is 3.44. The second kappa shape index (κ2) is 10.9. The molecule has 0 bridgehead atoms. The first-order valence-electron chi connectivity index (χ1n) is 10.7. The number of carbonyl (C=O) groups excluding carboxylic acids is 1. The minimum atomic E-state index is -0.0381. The highest BCUT2D eigenvalue weighted by molar-refractivity contribution is 7.99. The average molecular weight is 463 g/mol. The third-order valence-corrected chi connectivity index (χ3v) is 6.19. The van der Waals surface area contributed by atoms with Gasteiger partial charge in [-0.3, -0.25) is 9.36 Å². The van der Waals surface area contributed by atoms with E-state index < -0.39 is 0 Å². The Hall–Kier alpha value is -3.52. The van der Waals surface area contributed by atoms with E-state index in [0.29, 0.717) is 18.2 Å². The van der Waals surface area contributed by atoms with E-state index in [0.717, 1.165) is 40.4 Å². The minimum Gasteiger partial charge on any atom is -0.497 e. The molecule has 0 spiro atoms. The molecule has 2 aromatic carbocycles. The zero-order chi connectivity index (χ0) is 23.0. The molecule has 2 aromatic heterocycles. The van der Waals surface area contributed by atoms with Crippen LogP contribution in [0.15, 0.2) is 76.5 Å². The van der Waals surface area contributed by atoms with Gasteiger partial charge in [0.25, 0.3) is 0 Å². The molecule has 1 amide bonds. The highest BCUT2D eigenvalue weighted by Gasteiger charge is 2.18. The normalized spacial score (nSPS) is 10.8. The first kappa shape index (κ1) is 22.7. The highest BCUT2D eigenvalue weighted by atomic mass is 32.2. The summed E-state index contributed by atoms with van der Waals surface area (Å²) in [7, 11) is 1.65. The Morgan fingerprint density at radius 1 is 1.06 bits per heavy atom. The van der Waals surface area contributed by atoms with Crippen LogP contribution in [-0.4, -0.2) is 40.1 Å². The summed E-state index contributed by atoms with van der Waals surface area (Å²) in [6, 6.07) is 19.9. The van der Waals surface area contributed by atoms with Gasteiger partial charge < -0.3 is 14.5 Å². The van der Waals surface area contributed by atoms with Crippen molar-refractivity contribution < 1.29 is 13.9 Å². The maximum Gasteiger partial charge on any atom is 0.230 e. The molecule has 0 atom stereocenters. The molecule has 8 heteroatoms. The summed E-state index contributed by atoms with van der Waals surface area (Å²) in [6.45, 7) is 3.08. The van der Waals surface area contributed by atoms with Crippen molar-refractivity contribution in [2.45, 2.75) is 25.0 Å². The van der Waals surface area contributed by atoms with Crippen molar-refractivity contribution >= 4 is 17.7 Å². The van der Waals surface area contributed by atoms with E-state index in [4.69, 9.17) is 9.15 Å². The van der Waals surface area contributed by atoms with Crippen molar-refractivity contribution in [1.29, 1.82) is 0 Å². The maximum absolute atomic E-state index is 12.4. The smallest absolute Gasteiger partial charge is 0.230 e. The van der Waals surface area contributed by atoms with Crippen LogP contribution in [0.25, 0.3) is 11.4 Å². The Morgan fingerprint density at radius 3 is 2.55 bits per heavy atom. The molecule has 4 rings (SSSR count). The first-order chi connectivity index (χ1) is 16.1. The number of amides is 1. The summed E-state index contributed by atoms with van der Waals surface area (Å²) in [5, 5.41) is 12.4. The molecule has 0 aliphatic heterocycles. The molecule has 4 aromatic rings. The fraction of sp³-hybridized carbons (Fsp3) is 0.240. The van der Waals surface area contributed by atoms with Crippen LogP contribution in [0, 0.1) is 6.92 Å². The monoisotopic (exact) mass is 462 g/mol. The Kier molecular flexibility index (Phi) is 7.47. The van der Waals surface area contributed by atoms with Gasteiger partial charge in [0.1, 0.15) is 11.5 Å². The topological polar surface area (TPSA) is 82.2 Å². The lowest BCUT2D eigenvalue weighted by molar-refractivity contribution is -0.118. The van der Waals surface area contributed by atoms with Crippen LogP contribution in [0.3, 0.4) is 0 Å². The van der Waals surface area contributed by atoms with E-state index in [1.54, 1.807) is 13.4 Å². The van der Waals surface area contributed by atoms with Gasteiger partial charge in [0.2, 0.25) is 5.91 Å². The van der Waals surface area contributed by atoms with E-state index in [9.17, 15) is 4.79 Å². The molecule has 33 heavy (non-hydrogen) atoms. The Morgan fingerprint density at radius 2 is 1.85 bits per heavy atom. The van der Waals surface area contributed by atoms with E-state index in [2.05, 4.69) is 27.6 Å². The van der Waals surface area contributed by atoms with Crippen molar-refractivity contribution in [3.8, 4) is 17.1 Å². The molecule has 1 N–H and O–H groups in total. The molecule has 0 fully saturated rings. The molecular formula is C25H26N4O3S. The van der Waals surface area contributed by atoms with Crippen molar-refractivity contribution in [3.63, 3.8) is 0 Å². The van der Waals surface area contributed by atoms with Gasteiger partial charge in [0.15, 0.2) is 11.0 Å². The Balaban J connectivity index is 1.39. The summed E-state index contributed by atoms with van der Waals surface area (Å²) < 4.78 is 12.7. The number of hydrogen-bond donors (Lipinski definition) is 1. The van der Waals surface area contributed by atoms with Crippen molar-refractivity contribution in [2.24, 2.45) is 0 Å². The number of rotatable bonds is 10. The predicted molar refractivity (Wildman–Crippen MR) is 128 cm³/mol. The minimum absolute atomic E-state index is 0.0381. The zero-order valence-electron chi connectivity index (χ0n) is 18.7. The fourth-order valence-corrected chi connectivity index (χ4v) is 4.21. The van der Waals surface area contributed by atoms with Crippen LogP contribution in [0.5, 0.6) is 5.75 Å². The van der Waals surface area contributed by atoms with Crippen LogP contribution in [0.2, 0.25) is 0 Å². The number of aromatic nitrogens is 3. The van der Waals surface area contributed by atoms with Crippen molar-refractivity contribution in [1.82, 2.24) is 20.1 Å². The maximum atomic E-state index is 12.4. The van der Waals surface area contributed by atoms with Gasteiger partial charge in [-0.15, -0.1) is 10.2 Å². The largest absolute Gasteiger partial charge is 0.497 e. The van der Waals surface area contributed by atoms with Crippen LogP contribution in [-0.2, 0) is 17.8 Å². The molecule has 0 saturated carbocycles. The van der Waals surface area contributed by atoms with Crippen molar-refractivity contribution in [3.05, 3.63) is 83.8 Å². The van der Waals surface area contributed by atoms with E-state index in [1.807, 2.05) is 60.0 Å². The zero-order valence-corrected chi connectivity index (χ0v) is 19.5. The second-order valence-electron chi connectivity index (χ2n) is 7.51. The highest BCUT2D eigenvalue weighted by Crippen LogP contribution is 2.28. The quantitative estimate of drug-likeness (QED) is 0.353. The Labute approximate surface area is 197 Å². The number of benzene rings is 2. The molecule has 0 aliphatic rings. The lowest BCUT2D eigenvalue weighted by Crippen LogP contribution is -2.27. The van der Waals surface area contributed by atoms with E-state index >= 15 is 0 Å². The van der Waals surface area contributed by atoms with Gasteiger partial charge in [-0.1, -0.05) is 54.2 Å². The number of furan rings is 1. The fourth-order valence-electron chi connectivity index (χ4n) is 3.44. The van der Waals surface area contributed by atoms with Crippen LogP contribution in [0.1, 0.15) is 16.9 Å². The second-order valence-corrected chi connectivity index (χ2v) is 8.45. The number of ether oxygens (including phenoxy) is 1. The van der Waals surface area contributed by atoms with Crippen LogP contribution < -0.4 is 10.1 Å². The van der Waals surface area contributed by atoms with Gasteiger partial charge in [0.05, 0.1) is 31.2 Å². The number of carbonyl (C=O) groups is 1. The molecule has 0 aliphatic carbocycles. The molecule has 7 nitrogen and oxygen atoms in total. The summed E-state index contributed by atoms with van der Waals surface area (Å²) in [6.07, 6.45) is 2.41. The molecule has 0 unspecified atom stereocenters. The van der Waals surface area contributed by atoms with E-state index in [1.165, 1.54) is 11.8 Å². The van der Waals surface area contributed by atoms with Gasteiger partial charge >= 0.3 is 0 Å². The van der Waals surface area contributed by atoms with Crippen LogP contribution in [0.4, 0.5) is 0 Å². The van der Waals surface area contributed by atoms with Crippen molar-refractivity contribution in [2.75, 3.05) is 19.4 Å². The summed E-state index contributed by atoms with van der Waals surface area (Å²) in [5.41, 5.74) is 3.17. The third-order valence-electron chi connectivity index (χ3n) is 5.23. The standard InChI is InChI=1S/C25H26N4O3S/c1-18-22(13-15-32-18)24-27-28-25(29(24)16-20-6-4-3-5-7-20)33-17-23(30)26-14-12-19-8-10-21(31-2)11-9-19/h3-11,13,15H,12,14,16-17H2,1-2H3,(H,26,30). The number of hydrogen-bond acceptors (Lipinski definition) is 6. The lowest BCUT2D eigenvalue weighted by Gasteiger charge is -2.10. The number of nitrogens with one attached hydrogen (secondary N) is 1. The number of aryl methyl sites for hydroxylation is 1. The molecular weight excluding hydrogens is 436 g/mol. The molecule has 2 heterocycles. The number of nitrogens with zero attached hydrogens (tertiary/aromatic N) is 3. The third kappa shape index (κ3) is 5.84. The van der Waals surface area contributed by atoms with Crippen LogP contribution >= 0.6 is 11.8 Å². The van der Waals surface area contributed by atoms with Gasteiger partial charge in [-0.25, -0.2) is 0 Å². The van der Waals surface area contributed by atoms with Gasteiger partial charge in [-0.2, -0.15) is 0 Å². The Bertz CT molecular complexity index is 1190. The molecule has 0 saturated heterocycles. The number of methoxy groups -OCH3 is 1. The summed E-state index contributed by atoms with van der Waals surface area (Å²) in [5.74, 6) is 2.56. The summed E-state index contributed by atoms with van der Waals surface area (Å²) in [4.78, 5) is 12.4. The van der Waals surface area contributed by atoms with Gasteiger partial charge in [0, 0.05) is 6.54 Å². The SMILES string of the molecule is COc1ccc(CCNC(=O)CSc2nnc(-c3ccoc3C)n2Cc2ccccc2)cc1. The first-order valence-corrected chi connectivity index (χ1v) is 11.7. The van der Waals surface area contributed by atoms with Gasteiger partial charge in [-0.05, 0) is 42.7 Å².